The zero-order chi connectivity index (χ0) is 12.5. The number of aromatic nitrogens is 3. The summed E-state index contributed by atoms with van der Waals surface area (Å²) in [4.78, 5) is 11.8. The molecule has 0 unspecified atom stereocenters. The molecule has 0 saturated heterocycles. The number of hydrogen-bond acceptors (Lipinski definition) is 3. The Hall–Kier alpha value is -2.36. The summed E-state index contributed by atoms with van der Waals surface area (Å²) in [6.45, 7) is 4.08. The predicted octanol–water partition coefficient (Wildman–Crippen LogP) is 3.32. The van der Waals surface area contributed by atoms with Gasteiger partial charge in [0.1, 0.15) is 5.82 Å². The number of nitrogens with one attached hydrogen (secondary N) is 2. The van der Waals surface area contributed by atoms with Gasteiger partial charge in [-0.05, 0) is 37.1 Å². The van der Waals surface area contributed by atoms with Gasteiger partial charge in [0, 0.05) is 35.9 Å². The molecule has 0 aliphatic carbocycles. The van der Waals surface area contributed by atoms with Gasteiger partial charge in [-0.3, -0.25) is 4.98 Å². The van der Waals surface area contributed by atoms with E-state index < -0.39 is 0 Å². The van der Waals surface area contributed by atoms with Gasteiger partial charge in [0.15, 0.2) is 0 Å². The van der Waals surface area contributed by atoms with Crippen molar-refractivity contribution >= 4 is 22.4 Å². The monoisotopic (exact) mass is 238 g/mol. The number of pyridine rings is 2. The molecule has 3 heterocycles. The lowest BCUT2D eigenvalue weighted by atomic mass is 10.1. The highest BCUT2D eigenvalue weighted by molar-refractivity contribution is 5.91. The van der Waals surface area contributed by atoms with Gasteiger partial charge in [0.05, 0.1) is 5.52 Å². The molecule has 0 atom stereocenters. The molecule has 0 aromatic carbocycles. The zero-order valence-corrected chi connectivity index (χ0v) is 10.4. The second-order valence-corrected chi connectivity index (χ2v) is 4.37. The molecule has 0 bridgehead atoms. The highest BCUT2D eigenvalue weighted by Crippen LogP contribution is 2.26. The van der Waals surface area contributed by atoms with E-state index in [1.165, 1.54) is 0 Å². The first-order valence-electron chi connectivity index (χ1n) is 5.86. The van der Waals surface area contributed by atoms with Gasteiger partial charge in [-0.2, -0.15) is 0 Å². The van der Waals surface area contributed by atoms with E-state index in [9.17, 15) is 0 Å². The SMILES string of the molecule is Cc1cncc(C)c1Nc1nccc2[nH]ccc12. The van der Waals surface area contributed by atoms with E-state index >= 15 is 0 Å². The van der Waals surface area contributed by atoms with E-state index in [2.05, 4.69) is 20.3 Å². The lowest BCUT2D eigenvalue weighted by Gasteiger charge is -2.11. The highest BCUT2D eigenvalue weighted by atomic mass is 15.0. The van der Waals surface area contributed by atoms with E-state index in [1.807, 2.05) is 44.6 Å². The molecule has 3 rings (SSSR count). The summed E-state index contributed by atoms with van der Waals surface area (Å²) in [5.74, 6) is 0.867. The maximum Gasteiger partial charge on any atom is 0.139 e. The Morgan fingerprint density at radius 3 is 2.67 bits per heavy atom. The quantitative estimate of drug-likeness (QED) is 0.720. The van der Waals surface area contributed by atoms with E-state index in [4.69, 9.17) is 0 Å². The number of fused-ring (bicyclic) bond motifs is 1. The van der Waals surface area contributed by atoms with Crippen LogP contribution in [0.25, 0.3) is 10.9 Å². The van der Waals surface area contributed by atoms with Crippen LogP contribution in [-0.4, -0.2) is 15.0 Å². The molecular formula is C14H14N4. The lowest BCUT2D eigenvalue weighted by Crippen LogP contribution is -1.99. The lowest BCUT2D eigenvalue weighted by molar-refractivity contribution is 1.21. The van der Waals surface area contributed by atoms with E-state index in [0.29, 0.717) is 0 Å². The van der Waals surface area contributed by atoms with Crippen LogP contribution < -0.4 is 5.32 Å². The summed E-state index contributed by atoms with van der Waals surface area (Å²) in [5, 5.41) is 4.49. The van der Waals surface area contributed by atoms with Gasteiger partial charge in [-0.25, -0.2) is 4.98 Å². The van der Waals surface area contributed by atoms with Crippen molar-refractivity contribution in [3.63, 3.8) is 0 Å². The summed E-state index contributed by atoms with van der Waals surface area (Å²) < 4.78 is 0. The first-order chi connectivity index (χ1) is 8.75. The number of anilines is 2. The van der Waals surface area contributed by atoms with Crippen LogP contribution in [-0.2, 0) is 0 Å². The van der Waals surface area contributed by atoms with E-state index in [-0.39, 0.29) is 0 Å². The molecule has 4 nitrogen and oxygen atoms in total. The number of rotatable bonds is 2. The van der Waals surface area contributed by atoms with Gasteiger partial charge in [0.25, 0.3) is 0 Å². The van der Waals surface area contributed by atoms with Crippen LogP contribution in [0, 0.1) is 13.8 Å². The number of hydrogen-bond donors (Lipinski definition) is 2. The first kappa shape index (κ1) is 10.8. The molecule has 0 fully saturated rings. The van der Waals surface area contributed by atoms with Crippen molar-refractivity contribution in [1.29, 1.82) is 0 Å². The molecule has 3 aromatic rings. The summed E-state index contributed by atoms with van der Waals surface area (Å²) in [7, 11) is 0. The third-order valence-electron chi connectivity index (χ3n) is 3.05. The van der Waals surface area contributed by atoms with Crippen LogP contribution in [0.3, 0.4) is 0 Å². The van der Waals surface area contributed by atoms with E-state index in [0.717, 1.165) is 33.5 Å². The fourth-order valence-corrected chi connectivity index (χ4v) is 2.10. The van der Waals surface area contributed by atoms with Gasteiger partial charge >= 0.3 is 0 Å². The minimum atomic E-state index is 0.867. The Morgan fingerprint density at radius 2 is 1.89 bits per heavy atom. The molecule has 0 radical (unpaired) electrons. The molecule has 18 heavy (non-hydrogen) atoms. The Kier molecular flexibility index (Phi) is 2.48. The summed E-state index contributed by atoms with van der Waals surface area (Å²) in [5.41, 5.74) is 4.39. The third-order valence-corrected chi connectivity index (χ3v) is 3.05. The van der Waals surface area contributed by atoms with Crippen molar-refractivity contribution in [2.75, 3.05) is 5.32 Å². The van der Waals surface area contributed by atoms with Gasteiger partial charge in [0.2, 0.25) is 0 Å². The molecule has 0 aliphatic rings. The number of aryl methyl sites for hydroxylation is 2. The molecule has 0 spiro atoms. The fraction of sp³-hybridized carbons (Fsp3) is 0.143. The predicted molar refractivity (Wildman–Crippen MR) is 73.1 cm³/mol. The maximum absolute atomic E-state index is 4.41. The van der Waals surface area contributed by atoms with Crippen molar-refractivity contribution in [3.8, 4) is 0 Å². The second-order valence-electron chi connectivity index (χ2n) is 4.37. The summed E-state index contributed by atoms with van der Waals surface area (Å²) in [6, 6.07) is 3.99. The molecule has 0 saturated carbocycles. The van der Waals surface area contributed by atoms with Crippen LogP contribution in [0.5, 0.6) is 0 Å². The van der Waals surface area contributed by atoms with Crippen molar-refractivity contribution in [1.82, 2.24) is 15.0 Å². The highest BCUT2D eigenvalue weighted by Gasteiger charge is 2.07. The minimum absolute atomic E-state index is 0.867. The molecular weight excluding hydrogens is 224 g/mol. The maximum atomic E-state index is 4.41. The Labute approximate surface area is 105 Å². The molecule has 2 N–H and O–H groups in total. The molecule has 4 heteroatoms. The summed E-state index contributed by atoms with van der Waals surface area (Å²) >= 11 is 0. The average molecular weight is 238 g/mol. The van der Waals surface area contributed by atoms with Crippen molar-refractivity contribution in [3.05, 3.63) is 48.0 Å². The Morgan fingerprint density at radius 1 is 1.11 bits per heavy atom. The second kappa shape index (κ2) is 4.14. The Bertz CT molecular complexity index is 680. The van der Waals surface area contributed by atoms with Crippen LogP contribution >= 0.6 is 0 Å². The van der Waals surface area contributed by atoms with Crippen molar-refractivity contribution in [2.45, 2.75) is 13.8 Å². The molecule has 90 valence electrons. The van der Waals surface area contributed by atoms with Gasteiger partial charge in [-0.1, -0.05) is 0 Å². The average Bonchev–Trinajstić information content (AvgIpc) is 2.83. The fourth-order valence-electron chi connectivity index (χ4n) is 2.10. The normalized spacial score (nSPS) is 10.8. The minimum Gasteiger partial charge on any atom is -0.361 e. The topological polar surface area (TPSA) is 53.6 Å². The van der Waals surface area contributed by atoms with E-state index in [1.54, 1.807) is 6.20 Å². The molecule has 0 aliphatic heterocycles. The number of aromatic amines is 1. The van der Waals surface area contributed by atoms with Gasteiger partial charge < -0.3 is 10.3 Å². The third kappa shape index (κ3) is 1.72. The zero-order valence-electron chi connectivity index (χ0n) is 10.4. The van der Waals surface area contributed by atoms with Crippen LogP contribution in [0.4, 0.5) is 11.5 Å². The van der Waals surface area contributed by atoms with Crippen molar-refractivity contribution < 1.29 is 0 Å². The molecule has 3 aromatic heterocycles. The Balaban J connectivity index is 2.09. The number of H-pyrrole nitrogens is 1. The summed E-state index contributed by atoms with van der Waals surface area (Å²) in [6.07, 6.45) is 7.43. The van der Waals surface area contributed by atoms with Gasteiger partial charge in [-0.15, -0.1) is 0 Å². The standard InChI is InChI=1S/C14H14N4/c1-9-7-15-8-10(2)13(9)18-14-11-3-5-16-12(11)4-6-17-14/h3-8,16H,1-2H3,(H,15,17,18). The largest absolute Gasteiger partial charge is 0.361 e. The van der Waals surface area contributed by atoms with Crippen LogP contribution in [0.2, 0.25) is 0 Å². The first-order valence-corrected chi connectivity index (χ1v) is 5.86. The van der Waals surface area contributed by atoms with Crippen LogP contribution in [0.15, 0.2) is 36.9 Å². The smallest absolute Gasteiger partial charge is 0.139 e. The number of nitrogens with zero attached hydrogens (tertiary/aromatic N) is 2. The van der Waals surface area contributed by atoms with Crippen molar-refractivity contribution in [2.24, 2.45) is 0 Å². The van der Waals surface area contributed by atoms with Crippen LogP contribution in [0.1, 0.15) is 11.1 Å². The molecule has 0 amide bonds.